The van der Waals surface area contributed by atoms with Crippen LogP contribution >= 0.6 is 0 Å². The minimum absolute atomic E-state index is 0.00805. The normalized spacial score (nSPS) is 11.9. The van der Waals surface area contributed by atoms with Crippen molar-refractivity contribution in [1.29, 1.82) is 0 Å². The van der Waals surface area contributed by atoms with Gasteiger partial charge in [-0.15, -0.1) is 5.10 Å². The lowest BCUT2D eigenvalue weighted by molar-refractivity contribution is -0.138. The number of aliphatic carboxylic acids is 1. The van der Waals surface area contributed by atoms with Crippen LogP contribution in [-0.2, 0) is 17.8 Å². The van der Waals surface area contributed by atoms with Crippen molar-refractivity contribution in [1.82, 2.24) is 20.3 Å². The van der Waals surface area contributed by atoms with Crippen LogP contribution in [0.5, 0.6) is 0 Å². The van der Waals surface area contributed by atoms with Gasteiger partial charge in [0.2, 0.25) is 0 Å². The summed E-state index contributed by atoms with van der Waals surface area (Å²) >= 11 is 0. The van der Waals surface area contributed by atoms with Crippen LogP contribution in [0.25, 0.3) is 10.8 Å². The number of carboxylic acids is 1. The molecule has 168 valence electrons. The van der Waals surface area contributed by atoms with E-state index in [-0.39, 0.29) is 18.5 Å². The lowest BCUT2D eigenvalue weighted by Gasteiger charge is -2.16. The lowest BCUT2D eigenvalue weighted by Crippen LogP contribution is -2.23. The molecule has 0 spiro atoms. The summed E-state index contributed by atoms with van der Waals surface area (Å²) in [5.74, 6) is -3.71. The molecule has 7 nitrogen and oxygen atoms in total. The molecule has 1 heterocycles. The molecule has 1 atom stereocenters. The molecule has 0 radical (unpaired) electrons. The van der Waals surface area contributed by atoms with Crippen molar-refractivity contribution in [3.05, 3.63) is 95.3 Å². The molecule has 0 aliphatic rings. The standard InChI is InChI=1S/C24H20F2N4O3/c25-21-9-8-17(11-22(21)26)24(33)27-13-18-14-30(29-28-18)19(12-23(31)32)10-16-6-3-5-15-4-1-2-7-20(15)16/h1-9,11,14,19H,10,12-13H2,(H,27,33)(H,31,32)/t19-/m1/s1. The Bertz CT molecular complexity index is 1320. The molecule has 33 heavy (non-hydrogen) atoms. The highest BCUT2D eigenvalue weighted by molar-refractivity contribution is 5.94. The summed E-state index contributed by atoms with van der Waals surface area (Å²) in [7, 11) is 0. The van der Waals surface area contributed by atoms with Gasteiger partial charge in [-0.1, -0.05) is 47.7 Å². The van der Waals surface area contributed by atoms with Gasteiger partial charge in [0.15, 0.2) is 11.6 Å². The van der Waals surface area contributed by atoms with Crippen LogP contribution in [0.15, 0.2) is 66.9 Å². The maximum absolute atomic E-state index is 13.3. The number of aromatic nitrogens is 3. The molecule has 0 aliphatic carbocycles. The van der Waals surface area contributed by atoms with Crippen LogP contribution in [0.3, 0.4) is 0 Å². The predicted molar refractivity (Wildman–Crippen MR) is 116 cm³/mol. The monoisotopic (exact) mass is 450 g/mol. The van der Waals surface area contributed by atoms with Gasteiger partial charge < -0.3 is 10.4 Å². The van der Waals surface area contributed by atoms with Crippen molar-refractivity contribution >= 4 is 22.6 Å². The highest BCUT2D eigenvalue weighted by Gasteiger charge is 2.19. The quantitative estimate of drug-likeness (QED) is 0.424. The van der Waals surface area contributed by atoms with E-state index >= 15 is 0 Å². The first-order valence-corrected chi connectivity index (χ1v) is 10.2. The molecule has 0 fully saturated rings. The van der Waals surface area contributed by atoms with Crippen LogP contribution in [0.1, 0.15) is 34.1 Å². The Morgan fingerprint density at radius 2 is 1.82 bits per heavy atom. The van der Waals surface area contributed by atoms with Gasteiger partial charge in [0.25, 0.3) is 5.91 Å². The second kappa shape index (κ2) is 9.56. The second-order valence-electron chi connectivity index (χ2n) is 7.60. The van der Waals surface area contributed by atoms with E-state index in [4.69, 9.17) is 0 Å². The second-order valence-corrected chi connectivity index (χ2v) is 7.60. The van der Waals surface area contributed by atoms with Crippen molar-refractivity contribution < 1.29 is 23.5 Å². The number of amides is 1. The first kappa shape index (κ1) is 22.1. The average Bonchev–Trinajstić information content (AvgIpc) is 3.28. The molecular weight excluding hydrogens is 430 g/mol. The van der Waals surface area contributed by atoms with Crippen molar-refractivity contribution in [2.24, 2.45) is 0 Å². The Kier molecular flexibility index (Phi) is 6.39. The Labute approximate surface area is 187 Å². The number of carboxylic acid groups (broad SMARTS) is 1. The summed E-state index contributed by atoms with van der Waals surface area (Å²) in [4.78, 5) is 23.7. The molecule has 0 saturated heterocycles. The van der Waals surface area contributed by atoms with Gasteiger partial charge in [-0.2, -0.15) is 0 Å². The number of hydrogen-bond acceptors (Lipinski definition) is 4. The van der Waals surface area contributed by atoms with Gasteiger partial charge in [-0.3, -0.25) is 9.59 Å². The molecule has 2 N–H and O–H groups in total. The number of fused-ring (bicyclic) bond motifs is 1. The summed E-state index contributed by atoms with van der Waals surface area (Å²) in [6, 6.07) is 16.1. The molecule has 1 aromatic heterocycles. The van der Waals surface area contributed by atoms with Crippen molar-refractivity contribution in [3.8, 4) is 0 Å². The van der Waals surface area contributed by atoms with Gasteiger partial charge in [0.05, 0.1) is 25.2 Å². The number of carbonyl (C=O) groups excluding carboxylic acids is 1. The van der Waals surface area contributed by atoms with E-state index in [2.05, 4.69) is 15.6 Å². The molecule has 4 aromatic rings. The summed E-state index contributed by atoms with van der Waals surface area (Å²) in [6.45, 7) is -0.00805. The fourth-order valence-corrected chi connectivity index (χ4v) is 3.67. The zero-order valence-electron chi connectivity index (χ0n) is 17.4. The molecule has 0 saturated carbocycles. The third-order valence-corrected chi connectivity index (χ3v) is 5.29. The van der Waals surface area contributed by atoms with E-state index < -0.39 is 29.6 Å². The summed E-state index contributed by atoms with van der Waals surface area (Å²) in [6.07, 6.45) is 1.84. The van der Waals surface area contributed by atoms with Crippen molar-refractivity contribution in [2.45, 2.75) is 25.4 Å². The highest BCUT2D eigenvalue weighted by Crippen LogP contribution is 2.24. The minimum Gasteiger partial charge on any atom is -0.481 e. The fourth-order valence-electron chi connectivity index (χ4n) is 3.67. The average molecular weight is 450 g/mol. The fraction of sp³-hybridized carbons (Fsp3) is 0.167. The number of nitrogens with zero attached hydrogens (tertiary/aromatic N) is 3. The van der Waals surface area contributed by atoms with E-state index in [1.807, 2.05) is 42.5 Å². The predicted octanol–water partition coefficient (Wildman–Crippen LogP) is 3.90. The molecule has 0 bridgehead atoms. The summed E-state index contributed by atoms with van der Waals surface area (Å²) < 4.78 is 27.9. The zero-order valence-corrected chi connectivity index (χ0v) is 17.4. The van der Waals surface area contributed by atoms with Gasteiger partial charge in [-0.25, -0.2) is 13.5 Å². The minimum atomic E-state index is -1.11. The van der Waals surface area contributed by atoms with Crippen LogP contribution in [0, 0.1) is 11.6 Å². The van der Waals surface area contributed by atoms with Crippen LogP contribution in [-0.4, -0.2) is 32.0 Å². The maximum Gasteiger partial charge on any atom is 0.305 e. The zero-order chi connectivity index (χ0) is 23.4. The van der Waals surface area contributed by atoms with Crippen LogP contribution in [0.2, 0.25) is 0 Å². The van der Waals surface area contributed by atoms with Gasteiger partial charge in [-0.05, 0) is 41.0 Å². The number of benzene rings is 3. The first-order valence-electron chi connectivity index (χ1n) is 10.2. The topological polar surface area (TPSA) is 97.1 Å². The van der Waals surface area contributed by atoms with Gasteiger partial charge in [0, 0.05) is 5.56 Å². The molecule has 9 heteroatoms. The van der Waals surface area contributed by atoms with Crippen LogP contribution < -0.4 is 5.32 Å². The Hall–Kier alpha value is -4.14. The molecule has 0 unspecified atom stereocenters. The molecule has 3 aromatic carbocycles. The molecule has 0 aliphatic heterocycles. The Morgan fingerprint density at radius 1 is 1.03 bits per heavy atom. The number of rotatable bonds is 8. The van der Waals surface area contributed by atoms with Crippen molar-refractivity contribution in [3.63, 3.8) is 0 Å². The number of nitrogens with one attached hydrogen (secondary N) is 1. The number of hydrogen-bond donors (Lipinski definition) is 2. The first-order chi connectivity index (χ1) is 15.9. The van der Waals surface area contributed by atoms with Crippen LogP contribution in [0.4, 0.5) is 8.78 Å². The number of carbonyl (C=O) groups is 2. The number of halogens is 2. The van der Waals surface area contributed by atoms with Crippen molar-refractivity contribution in [2.75, 3.05) is 0 Å². The molecule has 1 amide bonds. The summed E-state index contributed by atoms with van der Waals surface area (Å²) in [5.41, 5.74) is 1.36. The molecular formula is C24H20F2N4O3. The SMILES string of the molecule is O=C(O)C[C@@H](Cc1cccc2ccccc12)n1cc(CNC(=O)c2ccc(F)c(F)c2)nn1. The van der Waals surface area contributed by atoms with E-state index in [1.54, 1.807) is 6.20 Å². The lowest BCUT2D eigenvalue weighted by atomic mass is 9.97. The van der Waals surface area contributed by atoms with E-state index in [0.717, 1.165) is 28.5 Å². The maximum atomic E-state index is 13.3. The smallest absolute Gasteiger partial charge is 0.305 e. The van der Waals surface area contributed by atoms with E-state index in [1.165, 1.54) is 10.7 Å². The highest BCUT2D eigenvalue weighted by atomic mass is 19.2. The van der Waals surface area contributed by atoms with E-state index in [0.29, 0.717) is 12.1 Å². The van der Waals surface area contributed by atoms with Gasteiger partial charge >= 0.3 is 5.97 Å². The third kappa shape index (κ3) is 5.20. The van der Waals surface area contributed by atoms with Gasteiger partial charge in [0.1, 0.15) is 5.69 Å². The Morgan fingerprint density at radius 3 is 2.61 bits per heavy atom. The Balaban J connectivity index is 1.49. The molecule has 4 rings (SSSR count). The largest absolute Gasteiger partial charge is 0.481 e. The summed E-state index contributed by atoms with van der Waals surface area (Å²) in [5, 5.41) is 22.2. The van der Waals surface area contributed by atoms with E-state index in [9.17, 15) is 23.5 Å². The third-order valence-electron chi connectivity index (χ3n) is 5.29.